The second kappa shape index (κ2) is 5.41. The van der Waals surface area contributed by atoms with Crippen molar-refractivity contribution in [2.75, 3.05) is 7.11 Å². The molecular formula is C20H21NO2. The minimum atomic E-state index is 0.406. The Labute approximate surface area is 135 Å². The zero-order chi connectivity index (χ0) is 16.0. The highest BCUT2D eigenvalue weighted by Gasteiger charge is 2.24. The average Bonchev–Trinajstić information content (AvgIpc) is 2.89. The monoisotopic (exact) mass is 307 g/mol. The van der Waals surface area contributed by atoms with E-state index in [1.807, 2.05) is 0 Å². The SMILES string of the molecule is COc1ccc(C2CCC(=O)CC2)c2c3ccccc3n(C)c12. The number of hydrogen-bond acceptors (Lipinski definition) is 2. The molecule has 4 rings (SSSR count). The summed E-state index contributed by atoms with van der Waals surface area (Å²) in [6.45, 7) is 0. The van der Waals surface area contributed by atoms with Gasteiger partial charge in [-0.25, -0.2) is 0 Å². The maximum Gasteiger partial charge on any atom is 0.143 e. The number of ketones is 1. The highest BCUT2D eigenvalue weighted by molar-refractivity contribution is 6.11. The van der Waals surface area contributed by atoms with Gasteiger partial charge in [-0.15, -0.1) is 0 Å². The Morgan fingerprint density at radius 1 is 1.09 bits per heavy atom. The van der Waals surface area contributed by atoms with E-state index in [0.29, 0.717) is 24.5 Å². The number of Topliss-reactive ketones (excluding diaryl/α,β-unsaturated/α-hetero) is 1. The third kappa shape index (κ3) is 2.14. The Bertz CT molecular complexity index is 897. The van der Waals surface area contributed by atoms with Crippen molar-refractivity contribution in [3.8, 4) is 5.75 Å². The number of benzene rings is 2. The Morgan fingerprint density at radius 2 is 1.83 bits per heavy atom. The topological polar surface area (TPSA) is 31.2 Å². The maximum absolute atomic E-state index is 11.6. The largest absolute Gasteiger partial charge is 0.495 e. The molecule has 0 atom stereocenters. The highest BCUT2D eigenvalue weighted by atomic mass is 16.5. The molecule has 3 aromatic rings. The van der Waals surface area contributed by atoms with Gasteiger partial charge in [-0.2, -0.15) is 0 Å². The summed E-state index contributed by atoms with van der Waals surface area (Å²) >= 11 is 0. The molecule has 0 aliphatic heterocycles. The van der Waals surface area contributed by atoms with Crippen molar-refractivity contribution >= 4 is 27.6 Å². The molecule has 0 N–H and O–H groups in total. The van der Waals surface area contributed by atoms with Crippen molar-refractivity contribution in [2.24, 2.45) is 7.05 Å². The first-order valence-corrected chi connectivity index (χ1v) is 8.26. The van der Waals surface area contributed by atoms with Crippen LogP contribution in [-0.4, -0.2) is 17.5 Å². The fraction of sp³-hybridized carbons (Fsp3) is 0.350. The van der Waals surface area contributed by atoms with Gasteiger partial charge in [0.05, 0.1) is 12.6 Å². The molecule has 1 aliphatic carbocycles. The van der Waals surface area contributed by atoms with E-state index >= 15 is 0 Å². The van der Waals surface area contributed by atoms with Gasteiger partial charge in [0.15, 0.2) is 0 Å². The van der Waals surface area contributed by atoms with Crippen LogP contribution in [0.1, 0.15) is 37.2 Å². The van der Waals surface area contributed by atoms with Gasteiger partial charge in [0.25, 0.3) is 0 Å². The summed E-state index contributed by atoms with van der Waals surface area (Å²) in [7, 11) is 3.83. The Morgan fingerprint density at radius 3 is 2.57 bits per heavy atom. The van der Waals surface area contributed by atoms with Crippen molar-refractivity contribution < 1.29 is 9.53 Å². The number of carbonyl (C=O) groups is 1. The standard InChI is InChI=1S/C20H21NO2/c1-21-17-6-4-3-5-16(17)19-15(11-12-18(23-2)20(19)21)13-7-9-14(22)10-8-13/h3-6,11-13H,7-10H2,1-2H3. The van der Waals surface area contributed by atoms with Crippen LogP contribution in [0.2, 0.25) is 0 Å². The quantitative estimate of drug-likeness (QED) is 0.694. The minimum Gasteiger partial charge on any atom is -0.495 e. The van der Waals surface area contributed by atoms with Crippen LogP contribution in [0.3, 0.4) is 0 Å². The maximum atomic E-state index is 11.6. The first kappa shape index (κ1) is 14.3. The molecule has 0 unspecified atom stereocenters. The fourth-order valence-corrected chi connectivity index (χ4v) is 4.06. The normalized spacial score (nSPS) is 16.3. The number of aromatic nitrogens is 1. The van der Waals surface area contributed by atoms with Crippen LogP contribution in [0.15, 0.2) is 36.4 Å². The number of para-hydroxylation sites is 1. The zero-order valence-corrected chi connectivity index (χ0v) is 13.6. The van der Waals surface area contributed by atoms with E-state index in [4.69, 9.17) is 4.74 Å². The lowest BCUT2D eigenvalue weighted by Gasteiger charge is -2.23. The number of rotatable bonds is 2. The minimum absolute atomic E-state index is 0.406. The molecule has 3 heteroatoms. The molecule has 1 heterocycles. The molecule has 23 heavy (non-hydrogen) atoms. The van der Waals surface area contributed by atoms with E-state index in [9.17, 15) is 4.79 Å². The summed E-state index contributed by atoms with van der Waals surface area (Å²) in [6.07, 6.45) is 3.35. The molecule has 3 nitrogen and oxygen atoms in total. The van der Waals surface area contributed by atoms with Gasteiger partial charge in [-0.05, 0) is 36.5 Å². The third-order valence-corrected chi connectivity index (χ3v) is 5.25. The number of methoxy groups -OCH3 is 1. The molecule has 1 saturated carbocycles. The number of aryl methyl sites for hydroxylation is 1. The van der Waals surface area contributed by atoms with Gasteiger partial charge < -0.3 is 9.30 Å². The first-order chi connectivity index (χ1) is 11.2. The van der Waals surface area contributed by atoms with Gasteiger partial charge in [-0.3, -0.25) is 4.79 Å². The Hall–Kier alpha value is -2.29. The van der Waals surface area contributed by atoms with Gasteiger partial charge >= 0.3 is 0 Å². The average molecular weight is 307 g/mol. The van der Waals surface area contributed by atoms with E-state index in [1.165, 1.54) is 21.9 Å². The van der Waals surface area contributed by atoms with Crippen molar-refractivity contribution in [1.82, 2.24) is 4.57 Å². The predicted molar refractivity (Wildman–Crippen MR) is 93.2 cm³/mol. The second-order valence-corrected chi connectivity index (χ2v) is 6.47. The van der Waals surface area contributed by atoms with Crippen LogP contribution in [0.5, 0.6) is 5.75 Å². The van der Waals surface area contributed by atoms with E-state index < -0.39 is 0 Å². The highest BCUT2D eigenvalue weighted by Crippen LogP contribution is 2.42. The smallest absolute Gasteiger partial charge is 0.143 e. The second-order valence-electron chi connectivity index (χ2n) is 6.47. The lowest BCUT2D eigenvalue weighted by atomic mass is 9.82. The van der Waals surface area contributed by atoms with Crippen molar-refractivity contribution in [3.05, 3.63) is 42.0 Å². The van der Waals surface area contributed by atoms with Crippen LogP contribution in [0.4, 0.5) is 0 Å². The van der Waals surface area contributed by atoms with Crippen molar-refractivity contribution in [3.63, 3.8) is 0 Å². The Kier molecular flexibility index (Phi) is 3.37. The molecule has 1 fully saturated rings. The molecule has 2 aromatic carbocycles. The lowest BCUT2D eigenvalue weighted by molar-refractivity contribution is -0.120. The van der Waals surface area contributed by atoms with Crippen LogP contribution in [0.25, 0.3) is 21.8 Å². The molecule has 0 amide bonds. The summed E-state index contributed by atoms with van der Waals surface area (Å²) in [6, 6.07) is 12.8. The number of fused-ring (bicyclic) bond motifs is 3. The van der Waals surface area contributed by atoms with E-state index in [0.717, 1.165) is 24.1 Å². The van der Waals surface area contributed by atoms with Gasteiger partial charge in [-0.1, -0.05) is 24.3 Å². The van der Waals surface area contributed by atoms with Crippen LogP contribution < -0.4 is 4.74 Å². The molecule has 118 valence electrons. The molecule has 0 saturated heterocycles. The predicted octanol–water partition coefficient (Wildman–Crippen LogP) is 4.57. The van der Waals surface area contributed by atoms with Crippen LogP contribution in [-0.2, 0) is 11.8 Å². The zero-order valence-electron chi connectivity index (χ0n) is 13.6. The van der Waals surface area contributed by atoms with Crippen LogP contribution >= 0.6 is 0 Å². The van der Waals surface area contributed by atoms with E-state index in [1.54, 1.807) is 7.11 Å². The summed E-state index contributed by atoms with van der Waals surface area (Å²) in [5.74, 6) is 1.78. The first-order valence-electron chi connectivity index (χ1n) is 8.26. The number of nitrogens with zero attached hydrogens (tertiary/aromatic N) is 1. The molecule has 1 aliphatic rings. The van der Waals surface area contributed by atoms with Gasteiger partial charge in [0, 0.05) is 36.2 Å². The van der Waals surface area contributed by atoms with E-state index in [-0.39, 0.29) is 0 Å². The molecule has 1 aromatic heterocycles. The molecule has 0 bridgehead atoms. The summed E-state index contributed by atoms with van der Waals surface area (Å²) in [5.41, 5.74) is 3.74. The molecular weight excluding hydrogens is 286 g/mol. The van der Waals surface area contributed by atoms with Crippen molar-refractivity contribution in [2.45, 2.75) is 31.6 Å². The summed E-state index contributed by atoms with van der Waals surface area (Å²) < 4.78 is 7.85. The van der Waals surface area contributed by atoms with Crippen molar-refractivity contribution in [1.29, 1.82) is 0 Å². The summed E-state index contributed by atoms with van der Waals surface area (Å²) in [5, 5.41) is 2.57. The summed E-state index contributed by atoms with van der Waals surface area (Å²) in [4.78, 5) is 11.6. The molecule has 0 spiro atoms. The molecule has 0 radical (unpaired) electrons. The van der Waals surface area contributed by atoms with Gasteiger partial charge in [0.2, 0.25) is 0 Å². The number of carbonyl (C=O) groups excluding carboxylic acids is 1. The Balaban J connectivity index is 2.02. The third-order valence-electron chi connectivity index (χ3n) is 5.25. The lowest BCUT2D eigenvalue weighted by Crippen LogP contribution is -2.12. The van der Waals surface area contributed by atoms with Gasteiger partial charge in [0.1, 0.15) is 11.5 Å². The van der Waals surface area contributed by atoms with E-state index in [2.05, 4.69) is 48.0 Å². The number of hydrogen-bond donors (Lipinski definition) is 0. The number of ether oxygens (including phenoxy) is 1. The van der Waals surface area contributed by atoms with Crippen LogP contribution in [0, 0.1) is 0 Å². The fourth-order valence-electron chi connectivity index (χ4n) is 4.06.